The maximum Gasteiger partial charge on any atom is 0.162 e. The van der Waals surface area contributed by atoms with Gasteiger partial charge in [-0.2, -0.15) is 0 Å². The van der Waals surface area contributed by atoms with Crippen LogP contribution in [0, 0.1) is 6.92 Å². The van der Waals surface area contributed by atoms with E-state index in [2.05, 4.69) is 4.98 Å². The molecule has 0 aliphatic carbocycles. The van der Waals surface area contributed by atoms with Crippen molar-refractivity contribution < 1.29 is 4.79 Å². The largest absolute Gasteiger partial charge is 0.294 e. The lowest BCUT2D eigenvalue weighted by Gasteiger charge is -2.08. The smallest absolute Gasteiger partial charge is 0.162 e. The zero-order valence-electron chi connectivity index (χ0n) is 9.40. The monoisotopic (exact) mass is 211 g/mol. The van der Waals surface area contributed by atoms with Gasteiger partial charge in [0.15, 0.2) is 5.78 Å². The SMILES string of the molecule is CC(=O)c1c(-c2ccccc2)ccnc1C. The van der Waals surface area contributed by atoms with Crippen LogP contribution in [0.5, 0.6) is 0 Å². The molecule has 2 rings (SSSR count). The van der Waals surface area contributed by atoms with Crippen LogP contribution >= 0.6 is 0 Å². The Morgan fingerprint density at radius 3 is 2.44 bits per heavy atom. The number of aromatic nitrogens is 1. The van der Waals surface area contributed by atoms with Gasteiger partial charge in [-0.1, -0.05) is 30.3 Å². The summed E-state index contributed by atoms with van der Waals surface area (Å²) in [7, 11) is 0. The summed E-state index contributed by atoms with van der Waals surface area (Å²) < 4.78 is 0. The van der Waals surface area contributed by atoms with E-state index in [1.165, 1.54) is 0 Å². The van der Waals surface area contributed by atoms with E-state index >= 15 is 0 Å². The molecule has 16 heavy (non-hydrogen) atoms. The molecule has 0 atom stereocenters. The van der Waals surface area contributed by atoms with Crippen LogP contribution in [0.15, 0.2) is 42.6 Å². The van der Waals surface area contributed by atoms with Crippen molar-refractivity contribution in [3.63, 3.8) is 0 Å². The molecule has 0 spiro atoms. The van der Waals surface area contributed by atoms with Crippen LogP contribution in [-0.4, -0.2) is 10.8 Å². The summed E-state index contributed by atoms with van der Waals surface area (Å²) in [5.74, 6) is 0.0597. The van der Waals surface area contributed by atoms with Gasteiger partial charge < -0.3 is 0 Å². The van der Waals surface area contributed by atoms with Gasteiger partial charge in [0.25, 0.3) is 0 Å². The van der Waals surface area contributed by atoms with Crippen LogP contribution < -0.4 is 0 Å². The zero-order chi connectivity index (χ0) is 11.5. The van der Waals surface area contributed by atoms with Crippen LogP contribution in [0.4, 0.5) is 0 Å². The number of rotatable bonds is 2. The minimum Gasteiger partial charge on any atom is -0.294 e. The molecule has 0 radical (unpaired) electrons. The van der Waals surface area contributed by atoms with Crippen LogP contribution in [0.3, 0.4) is 0 Å². The quantitative estimate of drug-likeness (QED) is 0.714. The molecule has 2 heteroatoms. The number of carbonyl (C=O) groups excluding carboxylic acids is 1. The van der Waals surface area contributed by atoms with Gasteiger partial charge >= 0.3 is 0 Å². The normalized spacial score (nSPS) is 10.1. The van der Waals surface area contributed by atoms with Crippen LogP contribution in [-0.2, 0) is 0 Å². The van der Waals surface area contributed by atoms with Gasteiger partial charge in [0, 0.05) is 17.5 Å². The van der Waals surface area contributed by atoms with Crippen molar-refractivity contribution in [2.75, 3.05) is 0 Å². The number of nitrogens with zero attached hydrogens (tertiary/aromatic N) is 1. The average Bonchev–Trinajstić information content (AvgIpc) is 2.29. The molecule has 1 heterocycles. The van der Waals surface area contributed by atoms with Gasteiger partial charge in [0.05, 0.1) is 0 Å². The average molecular weight is 211 g/mol. The van der Waals surface area contributed by atoms with Crippen LogP contribution in [0.1, 0.15) is 23.0 Å². The fraction of sp³-hybridized carbons (Fsp3) is 0.143. The van der Waals surface area contributed by atoms with Gasteiger partial charge in [-0.25, -0.2) is 0 Å². The van der Waals surface area contributed by atoms with Crippen molar-refractivity contribution in [3.05, 3.63) is 53.9 Å². The Morgan fingerprint density at radius 1 is 1.12 bits per heavy atom. The zero-order valence-corrected chi connectivity index (χ0v) is 9.40. The predicted octanol–water partition coefficient (Wildman–Crippen LogP) is 3.26. The molecule has 0 aliphatic rings. The summed E-state index contributed by atoms with van der Waals surface area (Å²) in [5.41, 5.74) is 3.52. The lowest BCUT2D eigenvalue weighted by atomic mass is 9.97. The molecule has 2 nitrogen and oxygen atoms in total. The van der Waals surface area contributed by atoms with Crippen LogP contribution in [0.25, 0.3) is 11.1 Å². The highest BCUT2D eigenvalue weighted by Gasteiger charge is 2.12. The van der Waals surface area contributed by atoms with Crippen LogP contribution in [0.2, 0.25) is 0 Å². The van der Waals surface area contributed by atoms with Crippen molar-refractivity contribution in [2.24, 2.45) is 0 Å². The lowest BCUT2D eigenvalue weighted by molar-refractivity contribution is 0.101. The second-order valence-corrected chi connectivity index (χ2v) is 3.74. The summed E-state index contributed by atoms with van der Waals surface area (Å²) in [5, 5.41) is 0. The minimum absolute atomic E-state index is 0.0597. The standard InChI is InChI=1S/C14H13NO/c1-10-14(11(2)16)13(8-9-15-10)12-6-4-3-5-7-12/h3-9H,1-2H3. The maximum atomic E-state index is 11.6. The molecule has 0 saturated heterocycles. The van der Waals surface area contributed by atoms with Crippen molar-refractivity contribution >= 4 is 5.78 Å². The number of carbonyl (C=O) groups is 1. The Labute approximate surface area is 95.0 Å². The molecule has 0 bridgehead atoms. The fourth-order valence-corrected chi connectivity index (χ4v) is 1.87. The third kappa shape index (κ3) is 1.87. The lowest BCUT2D eigenvalue weighted by Crippen LogP contribution is -2.01. The predicted molar refractivity (Wildman–Crippen MR) is 64.4 cm³/mol. The first-order valence-electron chi connectivity index (χ1n) is 5.22. The fourth-order valence-electron chi connectivity index (χ4n) is 1.87. The first-order valence-corrected chi connectivity index (χ1v) is 5.22. The topological polar surface area (TPSA) is 30.0 Å². The number of aryl methyl sites for hydroxylation is 1. The van der Waals surface area contributed by atoms with E-state index in [0.29, 0.717) is 5.56 Å². The Kier molecular flexibility index (Phi) is 2.82. The number of hydrogen-bond acceptors (Lipinski definition) is 2. The highest BCUT2D eigenvalue weighted by atomic mass is 16.1. The van der Waals surface area contributed by atoms with Crippen molar-refractivity contribution in [1.29, 1.82) is 0 Å². The summed E-state index contributed by atoms with van der Waals surface area (Å²) in [6, 6.07) is 11.8. The van der Waals surface area contributed by atoms with Crippen molar-refractivity contribution in [2.45, 2.75) is 13.8 Å². The second kappa shape index (κ2) is 4.27. The van der Waals surface area contributed by atoms with E-state index in [-0.39, 0.29) is 5.78 Å². The van der Waals surface area contributed by atoms with Gasteiger partial charge in [-0.15, -0.1) is 0 Å². The molecule has 0 fully saturated rings. The molecular formula is C14H13NO. The van der Waals surface area contributed by atoms with Gasteiger partial charge in [0.2, 0.25) is 0 Å². The van der Waals surface area contributed by atoms with E-state index < -0.39 is 0 Å². The Hall–Kier alpha value is -1.96. The van der Waals surface area contributed by atoms with Gasteiger partial charge in [0.1, 0.15) is 0 Å². The molecule has 0 saturated carbocycles. The highest BCUT2D eigenvalue weighted by molar-refractivity contribution is 6.01. The molecule has 0 unspecified atom stereocenters. The van der Waals surface area contributed by atoms with E-state index in [1.807, 2.05) is 43.3 Å². The minimum atomic E-state index is 0.0597. The number of Topliss-reactive ketones (excluding diaryl/α,β-unsaturated/α-hetero) is 1. The molecule has 1 aromatic heterocycles. The number of ketones is 1. The van der Waals surface area contributed by atoms with E-state index in [1.54, 1.807) is 13.1 Å². The van der Waals surface area contributed by atoms with E-state index in [4.69, 9.17) is 0 Å². The maximum absolute atomic E-state index is 11.6. The molecule has 0 aliphatic heterocycles. The summed E-state index contributed by atoms with van der Waals surface area (Å²) in [6.07, 6.45) is 1.74. The summed E-state index contributed by atoms with van der Waals surface area (Å²) in [6.45, 7) is 3.44. The Balaban J connectivity index is 2.66. The third-order valence-corrected chi connectivity index (χ3v) is 2.58. The number of pyridine rings is 1. The van der Waals surface area contributed by atoms with Crippen molar-refractivity contribution in [3.8, 4) is 11.1 Å². The molecular weight excluding hydrogens is 198 g/mol. The van der Waals surface area contributed by atoms with E-state index in [0.717, 1.165) is 16.8 Å². The Morgan fingerprint density at radius 2 is 1.81 bits per heavy atom. The first kappa shape index (κ1) is 10.6. The van der Waals surface area contributed by atoms with Gasteiger partial charge in [-0.3, -0.25) is 9.78 Å². The third-order valence-electron chi connectivity index (χ3n) is 2.58. The van der Waals surface area contributed by atoms with Gasteiger partial charge in [-0.05, 0) is 31.0 Å². The number of hydrogen-bond donors (Lipinski definition) is 0. The van der Waals surface area contributed by atoms with Crippen molar-refractivity contribution in [1.82, 2.24) is 4.98 Å². The molecule has 0 N–H and O–H groups in total. The highest BCUT2D eigenvalue weighted by Crippen LogP contribution is 2.24. The molecule has 2 aromatic rings. The van der Waals surface area contributed by atoms with E-state index in [9.17, 15) is 4.79 Å². The first-order chi connectivity index (χ1) is 7.70. The number of benzene rings is 1. The second-order valence-electron chi connectivity index (χ2n) is 3.74. The summed E-state index contributed by atoms with van der Waals surface area (Å²) >= 11 is 0. The summed E-state index contributed by atoms with van der Waals surface area (Å²) in [4.78, 5) is 15.8. The molecule has 80 valence electrons. The molecule has 0 amide bonds. The molecule has 1 aromatic carbocycles. The Bertz CT molecular complexity index is 518.